The highest BCUT2D eigenvalue weighted by atomic mass is 16.6. The molecular weight excluding hydrogens is 250 g/mol. The highest BCUT2D eigenvalue weighted by molar-refractivity contribution is 5.92. The largest absolute Gasteiger partial charge is 0.457 e. The summed E-state index contributed by atoms with van der Waals surface area (Å²) in [7, 11) is 0. The van der Waals surface area contributed by atoms with Gasteiger partial charge in [-0.15, -0.1) is 0 Å². The number of aromatic nitrogens is 2. The Hall–Kier alpha value is -2.67. The summed E-state index contributed by atoms with van der Waals surface area (Å²) < 4.78 is 5.40. The third-order valence-corrected chi connectivity index (χ3v) is 2.81. The fraction of sp³-hybridized carbons (Fsp3) is 0.0833. The van der Waals surface area contributed by atoms with E-state index in [4.69, 9.17) is 9.52 Å². The smallest absolute Gasteiger partial charge is 0.271 e. The van der Waals surface area contributed by atoms with Crippen molar-refractivity contribution in [1.82, 2.24) is 10.2 Å². The van der Waals surface area contributed by atoms with Crippen molar-refractivity contribution >= 4 is 16.6 Å². The van der Waals surface area contributed by atoms with E-state index in [-0.39, 0.29) is 12.3 Å². The Bertz CT molecular complexity index is 759. The molecule has 0 saturated carbocycles. The van der Waals surface area contributed by atoms with E-state index in [2.05, 4.69) is 10.2 Å². The monoisotopic (exact) mass is 259 g/mol. The maximum absolute atomic E-state index is 10.7. The standard InChI is InChI=1S/C12H9N3O4/c16-6-8-2-4-11(19-8)12-9-3-1-7(15(17)18)5-10(9)13-14-12/h1-5,16H,6H2,(H,13,14). The number of non-ortho nitro benzene ring substituents is 1. The molecule has 2 heterocycles. The number of nitro benzene ring substituents is 1. The van der Waals surface area contributed by atoms with Crippen LogP contribution in [-0.2, 0) is 6.61 Å². The first-order valence-corrected chi connectivity index (χ1v) is 5.51. The number of nitrogens with one attached hydrogen (secondary N) is 1. The molecule has 7 nitrogen and oxygen atoms in total. The van der Waals surface area contributed by atoms with Gasteiger partial charge in [0, 0.05) is 17.5 Å². The van der Waals surface area contributed by atoms with Gasteiger partial charge in [0.15, 0.2) is 5.76 Å². The first-order valence-electron chi connectivity index (χ1n) is 5.51. The van der Waals surface area contributed by atoms with Crippen LogP contribution in [0.3, 0.4) is 0 Å². The predicted molar refractivity (Wildman–Crippen MR) is 66.4 cm³/mol. The number of nitro groups is 1. The van der Waals surface area contributed by atoms with Crippen molar-refractivity contribution in [1.29, 1.82) is 0 Å². The second-order valence-corrected chi connectivity index (χ2v) is 3.98. The zero-order valence-corrected chi connectivity index (χ0v) is 9.66. The molecule has 0 unspecified atom stereocenters. The van der Waals surface area contributed by atoms with Crippen molar-refractivity contribution in [3.05, 3.63) is 46.2 Å². The number of fused-ring (bicyclic) bond motifs is 1. The molecule has 2 N–H and O–H groups in total. The van der Waals surface area contributed by atoms with Crippen molar-refractivity contribution < 1.29 is 14.4 Å². The Balaban J connectivity index is 2.12. The normalized spacial score (nSPS) is 11.0. The lowest BCUT2D eigenvalue weighted by Gasteiger charge is -1.94. The number of benzene rings is 1. The van der Waals surface area contributed by atoms with E-state index in [0.717, 1.165) is 5.39 Å². The summed E-state index contributed by atoms with van der Waals surface area (Å²) in [5, 5.41) is 27.2. The lowest BCUT2D eigenvalue weighted by atomic mass is 10.1. The van der Waals surface area contributed by atoms with Crippen molar-refractivity contribution in [3.8, 4) is 11.5 Å². The van der Waals surface area contributed by atoms with Gasteiger partial charge in [-0.05, 0) is 18.2 Å². The van der Waals surface area contributed by atoms with Gasteiger partial charge in [-0.3, -0.25) is 15.2 Å². The number of furan rings is 1. The minimum absolute atomic E-state index is 0.00167. The average Bonchev–Trinajstić information content (AvgIpc) is 3.03. The molecule has 0 saturated heterocycles. The molecule has 3 aromatic rings. The van der Waals surface area contributed by atoms with Crippen LogP contribution in [0.1, 0.15) is 5.76 Å². The minimum atomic E-state index is -0.462. The highest BCUT2D eigenvalue weighted by Crippen LogP contribution is 2.29. The van der Waals surface area contributed by atoms with Gasteiger partial charge in [0.1, 0.15) is 18.1 Å². The third kappa shape index (κ3) is 1.85. The summed E-state index contributed by atoms with van der Waals surface area (Å²) in [5.41, 5.74) is 1.12. The molecule has 0 atom stereocenters. The van der Waals surface area contributed by atoms with E-state index in [1.807, 2.05) is 0 Å². The first kappa shape index (κ1) is 11.4. The molecular formula is C12H9N3O4. The molecule has 0 fully saturated rings. The molecule has 7 heteroatoms. The van der Waals surface area contributed by atoms with Crippen molar-refractivity contribution in [2.24, 2.45) is 0 Å². The molecule has 0 aliphatic carbocycles. The zero-order valence-electron chi connectivity index (χ0n) is 9.66. The molecule has 3 rings (SSSR count). The van der Waals surface area contributed by atoms with Crippen LogP contribution >= 0.6 is 0 Å². The topological polar surface area (TPSA) is 105 Å². The lowest BCUT2D eigenvalue weighted by molar-refractivity contribution is -0.384. The van der Waals surface area contributed by atoms with Gasteiger partial charge in [0.2, 0.25) is 0 Å². The summed E-state index contributed by atoms with van der Waals surface area (Å²) in [5.74, 6) is 0.942. The van der Waals surface area contributed by atoms with E-state index in [1.165, 1.54) is 12.1 Å². The molecule has 1 aromatic carbocycles. The van der Waals surface area contributed by atoms with Crippen LogP contribution < -0.4 is 0 Å². The predicted octanol–water partition coefficient (Wildman–Crippen LogP) is 2.22. The van der Waals surface area contributed by atoms with Crippen molar-refractivity contribution in [2.45, 2.75) is 6.61 Å². The fourth-order valence-electron chi connectivity index (χ4n) is 1.90. The Morgan fingerprint density at radius 1 is 1.37 bits per heavy atom. The van der Waals surface area contributed by atoms with Crippen LogP contribution in [0.5, 0.6) is 0 Å². The number of hydrogen-bond donors (Lipinski definition) is 2. The van der Waals surface area contributed by atoms with E-state index < -0.39 is 4.92 Å². The summed E-state index contributed by atoms with van der Waals surface area (Å²) in [6, 6.07) is 7.80. The molecule has 0 spiro atoms. The van der Waals surface area contributed by atoms with Crippen LogP contribution in [0.15, 0.2) is 34.7 Å². The van der Waals surface area contributed by atoms with Crippen LogP contribution in [0.2, 0.25) is 0 Å². The molecule has 0 aliphatic heterocycles. The Labute approximate surface area is 106 Å². The Morgan fingerprint density at radius 2 is 2.21 bits per heavy atom. The molecule has 96 valence electrons. The van der Waals surface area contributed by atoms with Gasteiger partial charge in [0.05, 0.1) is 10.4 Å². The van der Waals surface area contributed by atoms with Gasteiger partial charge in [-0.2, -0.15) is 5.10 Å². The molecule has 0 bridgehead atoms. The molecule has 0 amide bonds. The quantitative estimate of drug-likeness (QED) is 0.554. The Kier molecular flexibility index (Phi) is 2.53. The number of nitrogens with zero attached hydrogens (tertiary/aromatic N) is 2. The molecule has 0 aliphatic rings. The maximum atomic E-state index is 10.7. The van der Waals surface area contributed by atoms with Gasteiger partial charge < -0.3 is 9.52 Å². The number of hydrogen-bond acceptors (Lipinski definition) is 5. The summed E-state index contributed by atoms with van der Waals surface area (Å²) in [4.78, 5) is 10.2. The van der Waals surface area contributed by atoms with Gasteiger partial charge in [-0.25, -0.2) is 0 Å². The van der Waals surface area contributed by atoms with E-state index in [9.17, 15) is 10.1 Å². The van der Waals surface area contributed by atoms with Gasteiger partial charge >= 0.3 is 0 Å². The maximum Gasteiger partial charge on any atom is 0.271 e. The first-order chi connectivity index (χ1) is 9.19. The molecule has 19 heavy (non-hydrogen) atoms. The summed E-state index contributed by atoms with van der Waals surface area (Å²) in [6.45, 7) is -0.187. The second-order valence-electron chi connectivity index (χ2n) is 3.98. The number of aliphatic hydroxyl groups excluding tert-OH is 1. The van der Waals surface area contributed by atoms with E-state index in [1.54, 1.807) is 18.2 Å². The van der Waals surface area contributed by atoms with E-state index >= 15 is 0 Å². The average molecular weight is 259 g/mol. The number of H-pyrrole nitrogens is 1. The Morgan fingerprint density at radius 3 is 2.89 bits per heavy atom. The van der Waals surface area contributed by atoms with Crippen LogP contribution in [0, 0.1) is 10.1 Å². The minimum Gasteiger partial charge on any atom is -0.457 e. The SMILES string of the molecule is O=[N+]([O-])c1ccc2c(-c3ccc(CO)o3)n[nH]c2c1. The number of rotatable bonds is 3. The van der Waals surface area contributed by atoms with Crippen LogP contribution in [0.4, 0.5) is 5.69 Å². The summed E-state index contributed by atoms with van der Waals surface area (Å²) in [6.07, 6.45) is 0. The highest BCUT2D eigenvalue weighted by Gasteiger charge is 2.14. The molecule has 0 radical (unpaired) electrons. The van der Waals surface area contributed by atoms with E-state index in [0.29, 0.717) is 22.7 Å². The fourth-order valence-corrected chi connectivity index (χ4v) is 1.90. The zero-order chi connectivity index (χ0) is 13.4. The van der Waals surface area contributed by atoms with Crippen LogP contribution in [-0.4, -0.2) is 20.2 Å². The number of aromatic amines is 1. The van der Waals surface area contributed by atoms with Gasteiger partial charge in [-0.1, -0.05) is 0 Å². The second kappa shape index (κ2) is 4.21. The van der Waals surface area contributed by atoms with Crippen molar-refractivity contribution in [3.63, 3.8) is 0 Å². The van der Waals surface area contributed by atoms with Crippen molar-refractivity contribution in [2.75, 3.05) is 0 Å². The third-order valence-electron chi connectivity index (χ3n) is 2.81. The molecule has 2 aromatic heterocycles. The lowest BCUT2D eigenvalue weighted by Crippen LogP contribution is -1.86. The summed E-state index contributed by atoms with van der Waals surface area (Å²) >= 11 is 0. The number of aliphatic hydroxyl groups is 1. The van der Waals surface area contributed by atoms with Gasteiger partial charge in [0.25, 0.3) is 5.69 Å². The van der Waals surface area contributed by atoms with Crippen LogP contribution in [0.25, 0.3) is 22.4 Å².